The predicted octanol–water partition coefficient (Wildman–Crippen LogP) is 0.927. The maximum absolute atomic E-state index is 5.62. The van der Waals surface area contributed by atoms with Gasteiger partial charge in [-0.1, -0.05) is 6.92 Å². The van der Waals surface area contributed by atoms with E-state index in [1.807, 2.05) is 14.0 Å². The fourth-order valence-electron chi connectivity index (χ4n) is 0.650. The predicted molar refractivity (Wildman–Crippen MR) is 40.2 cm³/mol. The summed E-state index contributed by atoms with van der Waals surface area (Å²) in [6.07, 6.45) is 1.17. The van der Waals surface area contributed by atoms with Crippen molar-refractivity contribution >= 4 is 8.07 Å². The first-order valence-corrected chi connectivity index (χ1v) is 4.51. The second kappa shape index (κ2) is 4.25. The molecule has 0 aromatic rings. The van der Waals surface area contributed by atoms with Crippen LogP contribution in [0.5, 0.6) is 0 Å². The molecule has 0 aliphatic carbocycles. The van der Waals surface area contributed by atoms with Crippen LogP contribution in [0.2, 0.25) is 0 Å². The SMILES string of the molecule is CCP(NC)C(C)N. The van der Waals surface area contributed by atoms with Crippen molar-refractivity contribution in [3.8, 4) is 0 Å². The van der Waals surface area contributed by atoms with Crippen LogP contribution >= 0.6 is 8.07 Å². The summed E-state index contributed by atoms with van der Waals surface area (Å²) >= 11 is 0. The smallest absolute Gasteiger partial charge is 0.0348 e. The first-order valence-electron chi connectivity index (χ1n) is 2.92. The Morgan fingerprint density at radius 3 is 2.25 bits per heavy atom. The van der Waals surface area contributed by atoms with E-state index < -0.39 is 0 Å². The minimum atomic E-state index is -0.0874. The van der Waals surface area contributed by atoms with Gasteiger partial charge in [0, 0.05) is 5.78 Å². The Hall–Kier alpha value is 0.350. The van der Waals surface area contributed by atoms with Gasteiger partial charge in [0.05, 0.1) is 0 Å². The van der Waals surface area contributed by atoms with Crippen molar-refractivity contribution < 1.29 is 0 Å². The molecule has 2 atom stereocenters. The molecule has 0 spiro atoms. The van der Waals surface area contributed by atoms with Gasteiger partial charge in [0.15, 0.2) is 0 Å². The van der Waals surface area contributed by atoms with Crippen LogP contribution < -0.4 is 10.8 Å². The quantitative estimate of drug-likeness (QED) is 0.563. The third kappa shape index (κ3) is 2.61. The van der Waals surface area contributed by atoms with E-state index in [1.54, 1.807) is 0 Å². The van der Waals surface area contributed by atoms with Gasteiger partial charge >= 0.3 is 0 Å². The molecule has 50 valence electrons. The largest absolute Gasteiger partial charge is 0.323 e. The van der Waals surface area contributed by atoms with Crippen molar-refractivity contribution in [1.82, 2.24) is 5.09 Å². The Bertz CT molecular complexity index is 52.4. The fourth-order valence-corrected chi connectivity index (χ4v) is 1.95. The first-order chi connectivity index (χ1) is 3.72. The van der Waals surface area contributed by atoms with Gasteiger partial charge in [-0.15, -0.1) is 0 Å². The summed E-state index contributed by atoms with van der Waals surface area (Å²) in [7, 11) is 1.88. The van der Waals surface area contributed by atoms with E-state index in [4.69, 9.17) is 5.73 Å². The lowest BCUT2D eigenvalue weighted by atomic mass is 10.8. The molecule has 2 nitrogen and oxygen atoms in total. The standard InChI is InChI=1S/C5H15N2P/c1-4-8(7-3)5(2)6/h5,7H,4,6H2,1-3H3. The third-order valence-electron chi connectivity index (χ3n) is 1.12. The van der Waals surface area contributed by atoms with Gasteiger partial charge in [-0.3, -0.25) is 5.09 Å². The maximum Gasteiger partial charge on any atom is 0.0348 e. The number of nitrogens with one attached hydrogen (secondary N) is 1. The summed E-state index contributed by atoms with van der Waals surface area (Å²) in [5, 5.41) is 3.19. The summed E-state index contributed by atoms with van der Waals surface area (Å²) in [6.45, 7) is 4.21. The Balaban J connectivity index is 3.35. The van der Waals surface area contributed by atoms with Crippen molar-refractivity contribution in [1.29, 1.82) is 0 Å². The molecule has 0 radical (unpaired) electrons. The van der Waals surface area contributed by atoms with Gasteiger partial charge in [-0.05, 0) is 28.2 Å². The van der Waals surface area contributed by atoms with E-state index in [0.717, 1.165) is 0 Å². The zero-order valence-electron chi connectivity index (χ0n) is 5.81. The van der Waals surface area contributed by atoms with Gasteiger partial charge in [-0.25, -0.2) is 0 Å². The van der Waals surface area contributed by atoms with Crippen LogP contribution in [0, 0.1) is 0 Å². The molecule has 0 aliphatic rings. The highest BCUT2D eigenvalue weighted by molar-refractivity contribution is 7.56. The Morgan fingerprint density at radius 1 is 1.75 bits per heavy atom. The number of rotatable bonds is 3. The van der Waals surface area contributed by atoms with Gasteiger partial charge in [-0.2, -0.15) is 0 Å². The highest BCUT2D eigenvalue weighted by Gasteiger charge is 2.05. The van der Waals surface area contributed by atoms with E-state index in [2.05, 4.69) is 12.0 Å². The molecule has 2 unspecified atom stereocenters. The second-order valence-electron chi connectivity index (χ2n) is 1.75. The molecule has 0 saturated carbocycles. The molecule has 0 aliphatic heterocycles. The van der Waals surface area contributed by atoms with Gasteiger partial charge < -0.3 is 5.73 Å². The lowest BCUT2D eigenvalue weighted by Gasteiger charge is -2.17. The molecule has 0 fully saturated rings. The summed E-state index contributed by atoms with van der Waals surface area (Å²) in [5.41, 5.74) is 5.62. The summed E-state index contributed by atoms with van der Waals surface area (Å²) in [6, 6.07) is 0. The molecule has 0 rings (SSSR count). The molecule has 0 bridgehead atoms. The molecular formula is C5H15N2P. The van der Waals surface area contributed by atoms with E-state index in [9.17, 15) is 0 Å². The lowest BCUT2D eigenvalue weighted by Crippen LogP contribution is -2.19. The van der Waals surface area contributed by atoms with Gasteiger partial charge in [0.25, 0.3) is 0 Å². The minimum absolute atomic E-state index is 0.0874. The Labute approximate surface area is 52.6 Å². The zero-order valence-corrected chi connectivity index (χ0v) is 6.70. The van der Waals surface area contributed by atoms with Crippen molar-refractivity contribution in [3.63, 3.8) is 0 Å². The average Bonchev–Trinajstić information content (AvgIpc) is 1.69. The van der Waals surface area contributed by atoms with Gasteiger partial charge in [0.1, 0.15) is 0 Å². The zero-order chi connectivity index (χ0) is 6.57. The van der Waals surface area contributed by atoms with E-state index in [0.29, 0.717) is 5.78 Å². The molecular weight excluding hydrogens is 119 g/mol. The summed E-state index contributed by atoms with van der Waals surface area (Å²) < 4.78 is 0. The highest BCUT2D eigenvalue weighted by Crippen LogP contribution is 2.31. The van der Waals surface area contributed by atoms with Crippen LogP contribution in [0.15, 0.2) is 0 Å². The lowest BCUT2D eigenvalue weighted by molar-refractivity contribution is 0.991. The average molecular weight is 134 g/mol. The molecule has 3 heteroatoms. The number of hydrogen-bond donors (Lipinski definition) is 2. The first kappa shape index (κ1) is 8.35. The van der Waals surface area contributed by atoms with Gasteiger partial charge in [0.2, 0.25) is 0 Å². The normalized spacial score (nSPS) is 18.0. The number of hydrogen-bond acceptors (Lipinski definition) is 2. The van der Waals surface area contributed by atoms with Crippen LogP contribution in [0.1, 0.15) is 13.8 Å². The van der Waals surface area contributed by atoms with Crippen molar-refractivity contribution in [2.45, 2.75) is 19.6 Å². The van der Waals surface area contributed by atoms with Crippen molar-refractivity contribution in [2.75, 3.05) is 13.2 Å². The second-order valence-corrected chi connectivity index (χ2v) is 4.58. The minimum Gasteiger partial charge on any atom is -0.323 e. The molecule has 0 aromatic carbocycles. The van der Waals surface area contributed by atoms with Crippen LogP contribution in [-0.2, 0) is 0 Å². The van der Waals surface area contributed by atoms with Crippen LogP contribution in [0.25, 0.3) is 0 Å². The monoisotopic (exact) mass is 134 g/mol. The molecule has 0 heterocycles. The molecule has 0 amide bonds. The molecule has 8 heavy (non-hydrogen) atoms. The van der Waals surface area contributed by atoms with Crippen molar-refractivity contribution in [2.24, 2.45) is 5.73 Å². The Kier molecular flexibility index (Phi) is 4.44. The number of nitrogens with two attached hydrogens (primary N) is 1. The molecule has 0 saturated heterocycles. The van der Waals surface area contributed by atoms with E-state index in [1.165, 1.54) is 6.16 Å². The topological polar surface area (TPSA) is 38.0 Å². The van der Waals surface area contributed by atoms with E-state index in [-0.39, 0.29) is 8.07 Å². The van der Waals surface area contributed by atoms with Crippen molar-refractivity contribution in [3.05, 3.63) is 0 Å². The van der Waals surface area contributed by atoms with E-state index >= 15 is 0 Å². The summed E-state index contributed by atoms with van der Waals surface area (Å²) in [5.74, 6) is 0.333. The third-order valence-corrected chi connectivity index (χ3v) is 3.36. The van der Waals surface area contributed by atoms with Crippen LogP contribution in [0.3, 0.4) is 0 Å². The van der Waals surface area contributed by atoms with Crippen LogP contribution in [0.4, 0.5) is 0 Å². The molecule has 3 N–H and O–H groups in total. The molecule has 0 aromatic heterocycles. The van der Waals surface area contributed by atoms with Crippen LogP contribution in [-0.4, -0.2) is 19.0 Å². The maximum atomic E-state index is 5.62. The Morgan fingerprint density at radius 2 is 2.25 bits per heavy atom. The fraction of sp³-hybridized carbons (Fsp3) is 1.00. The summed E-state index contributed by atoms with van der Waals surface area (Å²) in [4.78, 5) is 0. The highest BCUT2D eigenvalue weighted by atomic mass is 31.1.